The number of hydroxylamine groups is 2. The molecule has 4 unspecified atom stereocenters. The topological polar surface area (TPSA) is 147 Å². The summed E-state index contributed by atoms with van der Waals surface area (Å²) in [5.74, 6) is -0.255. The highest BCUT2D eigenvalue weighted by Gasteiger charge is 2.33. The summed E-state index contributed by atoms with van der Waals surface area (Å²) in [5.41, 5.74) is 2.01. The van der Waals surface area contributed by atoms with E-state index in [2.05, 4.69) is 21.5 Å². The average Bonchev–Trinajstić information content (AvgIpc) is 3.53. The fourth-order valence-electron chi connectivity index (χ4n) is 5.00. The van der Waals surface area contributed by atoms with Gasteiger partial charge in [0.25, 0.3) is 5.91 Å². The molecular weight excluding hydrogens is 620 g/mol. The second-order valence-corrected chi connectivity index (χ2v) is 12.9. The lowest BCUT2D eigenvalue weighted by Crippen LogP contribution is -2.44. The molecule has 3 N–H and O–H groups in total. The highest BCUT2D eigenvalue weighted by atomic mass is 32.1. The molecule has 0 spiro atoms. The van der Waals surface area contributed by atoms with E-state index in [1.54, 1.807) is 12.3 Å². The van der Waals surface area contributed by atoms with Crippen molar-refractivity contribution in [2.45, 2.75) is 104 Å². The van der Waals surface area contributed by atoms with Crippen molar-refractivity contribution in [1.29, 1.82) is 0 Å². The first-order chi connectivity index (χ1) is 22.4. The zero-order valence-corrected chi connectivity index (χ0v) is 29.2. The van der Waals surface area contributed by atoms with Crippen molar-refractivity contribution in [3.05, 3.63) is 45.9 Å². The minimum atomic E-state index is -0.947. The Kier molecular flexibility index (Phi) is 17.0. The zero-order chi connectivity index (χ0) is 34.9. The third-order valence-electron chi connectivity index (χ3n) is 7.67. The number of thiazole rings is 1. The van der Waals surface area contributed by atoms with Gasteiger partial charge in [0.05, 0.1) is 18.6 Å². The summed E-state index contributed by atoms with van der Waals surface area (Å²) in [4.78, 5) is 61.1. The van der Waals surface area contributed by atoms with Gasteiger partial charge in [-0.05, 0) is 49.3 Å². The van der Waals surface area contributed by atoms with Crippen LogP contribution in [0.4, 0.5) is 5.69 Å². The maximum absolute atomic E-state index is 13.4. The number of carboxylic acid groups (broad SMARTS) is 1. The highest BCUT2D eigenvalue weighted by molar-refractivity contribution is 7.09. The number of benzene rings is 1. The molecule has 0 fully saturated rings. The molecule has 2 aromatic rings. The Labute approximate surface area is 282 Å². The summed E-state index contributed by atoms with van der Waals surface area (Å²) < 4.78 is 5.71. The van der Waals surface area contributed by atoms with E-state index in [0.29, 0.717) is 37.1 Å². The number of nitrogens with one attached hydrogen (secondary N) is 2. The molecule has 0 bridgehead atoms. The number of amides is 2. The van der Waals surface area contributed by atoms with E-state index in [1.165, 1.54) is 23.3 Å². The van der Waals surface area contributed by atoms with Crippen molar-refractivity contribution in [3.8, 4) is 12.3 Å². The quantitative estimate of drug-likeness (QED) is 0.0628. The van der Waals surface area contributed by atoms with Crippen LogP contribution in [0.2, 0.25) is 0 Å². The van der Waals surface area contributed by atoms with Gasteiger partial charge in [-0.3, -0.25) is 24.0 Å². The fraction of sp³-hybridized carbons (Fsp3) is 0.571. The molecular formula is C35H50N4O7S. The Morgan fingerprint density at radius 1 is 1.11 bits per heavy atom. The van der Waals surface area contributed by atoms with E-state index >= 15 is 0 Å². The molecule has 1 aromatic carbocycles. The van der Waals surface area contributed by atoms with Crippen LogP contribution in [0.15, 0.2) is 29.6 Å². The van der Waals surface area contributed by atoms with E-state index < -0.39 is 42.0 Å². The first-order valence-electron chi connectivity index (χ1n) is 16.2. The van der Waals surface area contributed by atoms with Gasteiger partial charge >= 0.3 is 11.9 Å². The summed E-state index contributed by atoms with van der Waals surface area (Å²) >= 11 is 1.18. The van der Waals surface area contributed by atoms with Crippen LogP contribution in [-0.2, 0) is 30.4 Å². The number of unbranched alkanes of at least 4 members (excludes halogenated alkanes) is 2. The number of carbonyl (C=O) groups is 4. The van der Waals surface area contributed by atoms with Gasteiger partial charge in [-0.2, -0.15) is 0 Å². The molecule has 0 saturated heterocycles. The maximum atomic E-state index is 13.4. The Morgan fingerprint density at radius 2 is 1.81 bits per heavy atom. The van der Waals surface area contributed by atoms with Crippen LogP contribution in [0.1, 0.15) is 107 Å². The number of hydrogen-bond donors (Lipinski definition) is 3. The molecule has 47 heavy (non-hydrogen) atoms. The summed E-state index contributed by atoms with van der Waals surface area (Å²) in [6, 6.07) is 6.78. The summed E-state index contributed by atoms with van der Waals surface area (Å²) in [5, 5.41) is 19.0. The monoisotopic (exact) mass is 670 g/mol. The van der Waals surface area contributed by atoms with Gasteiger partial charge in [0.2, 0.25) is 5.91 Å². The molecule has 11 nitrogen and oxygen atoms in total. The molecule has 258 valence electrons. The summed E-state index contributed by atoms with van der Waals surface area (Å²) in [7, 11) is 1.82. The standard InChI is InChI=1S/C35H50N4O7S/c1-8-10-12-18-45-39(32(41)13-11-9-2)30(23(3)4)21-31(46-25(6)40)34-38-29(22-47-34)33(42)37-28(19-24(5)35(43)44)20-26-14-16-27(36-7)17-15-26/h1,14-17,22-24,28,30-31,36H,9-13,18-21H2,2-7H3,(H,37,42)(H,43,44). The SMILES string of the molecule is C#CCCCON(C(=O)CCCC)C(CC(OC(C)=O)c1nc(C(=O)NC(Cc2ccc(NC)cc2)CC(C)C(=O)O)cs1)C(C)C. The van der Waals surface area contributed by atoms with E-state index in [1.807, 2.05) is 52.1 Å². The number of esters is 1. The number of carboxylic acids is 1. The predicted octanol–water partition coefficient (Wildman–Crippen LogP) is 6.02. The Bertz CT molecular complexity index is 1340. The molecule has 0 radical (unpaired) electrons. The lowest BCUT2D eigenvalue weighted by molar-refractivity contribution is -0.210. The van der Waals surface area contributed by atoms with Crippen LogP contribution >= 0.6 is 11.3 Å². The van der Waals surface area contributed by atoms with Gasteiger partial charge in [0.15, 0.2) is 6.10 Å². The van der Waals surface area contributed by atoms with Crippen LogP contribution in [-0.4, -0.2) is 64.6 Å². The first kappa shape index (κ1) is 39.2. The van der Waals surface area contributed by atoms with E-state index in [0.717, 1.165) is 17.7 Å². The van der Waals surface area contributed by atoms with Gasteiger partial charge in [-0.1, -0.05) is 46.2 Å². The molecule has 4 atom stereocenters. The number of rotatable bonds is 21. The minimum Gasteiger partial charge on any atom is -0.481 e. The normalized spacial score (nSPS) is 13.6. The van der Waals surface area contributed by atoms with Gasteiger partial charge in [0.1, 0.15) is 10.7 Å². The second-order valence-electron chi connectivity index (χ2n) is 12.0. The van der Waals surface area contributed by atoms with Gasteiger partial charge < -0.3 is 20.5 Å². The van der Waals surface area contributed by atoms with Crippen molar-refractivity contribution in [3.63, 3.8) is 0 Å². The minimum absolute atomic E-state index is 0.0619. The summed E-state index contributed by atoms with van der Waals surface area (Å²) in [6.45, 7) is 9.12. The van der Waals surface area contributed by atoms with Crippen LogP contribution in [0, 0.1) is 24.2 Å². The molecule has 2 amide bonds. The lowest BCUT2D eigenvalue weighted by atomic mass is 9.96. The number of terminal acetylenes is 1. The van der Waals surface area contributed by atoms with Crippen molar-refractivity contribution >= 4 is 40.8 Å². The molecule has 1 heterocycles. The molecule has 12 heteroatoms. The molecule has 2 rings (SSSR count). The average molecular weight is 671 g/mol. The van der Waals surface area contributed by atoms with Crippen molar-refractivity contribution in [2.75, 3.05) is 19.0 Å². The molecule has 0 saturated carbocycles. The maximum Gasteiger partial charge on any atom is 0.306 e. The Morgan fingerprint density at radius 3 is 2.38 bits per heavy atom. The van der Waals surface area contributed by atoms with Crippen LogP contribution in [0.25, 0.3) is 0 Å². The second kappa shape index (κ2) is 20.3. The fourth-order valence-corrected chi connectivity index (χ4v) is 5.84. The predicted molar refractivity (Wildman–Crippen MR) is 183 cm³/mol. The molecule has 1 aromatic heterocycles. The molecule has 0 aliphatic heterocycles. The number of aliphatic carboxylic acids is 1. The van der Waals surface area contributed by atoms with Crippen LogP contribution < -0.4 is 10.6 Å². The highest BCUT2D eigenvalue weighted by Crippen LogP contribution is 2.31. The van der Waals surface area contributed by atoms with Crippen LogP contribution in [0.3, 0.4) is 0 Å². The van der Waals surface area contributed by atoms with Crippen molar-refractivity contribution in [1.82, 2.24) is 15.4 Å². The number of aromatic nitrogens is 1. The van der Waals surface area contributed by atoms with Gasteiger partial charge in [-0.15, -0.1) is 23.7 Å². The first-order valence-corrected chi connectivity index (χ1v) is 17.1. The van der Waals surface area contributed by atoms with Crippen molar-refractivity contribution in [2.24, 2.45) is 11.8 Å². The smallest absolute Gasteiger partial charge is 0.306 e. The third kappa shape index (κ3) is 13.4. The lowest BCUT2D eigenvalue weighted by Gasteiger charge is -2.35. The van der Waals surface area contributed by atoms with Gasteiger partial charge in [0, 0.05) is 50.3 Å². The number of ether oxygens (including phenoxy) is 1. The Balaban J connectivity index is 2.31. The van der Waals surface area contributed by atoms with Crippen molar-refractivity contribution < 1.29 is 33.9 Å². The zero-order valence-electron chi connectivity index (χ0n) is 28.4. The van der Waals surface area contributed by atoms with E-state index in [4.69, 9.17) is 16.0 Å². The number of hydrogen-bond acceptors (Lipinski definition) is 9. The molecule has 0 aliphatic rings. The largest absolute Gasteiger partial charge is 0.481 e. The molecule has 0 aliphatic carbocycles. The number of carbonyl (C=O) groups excluding carboxylic acids is 3. The number of anilines is 1. The number of nitrogens with zero attached hydrogens (tertiary/aromatic N) is 2. The van der Waals surface area contributed by atoms with E-state index in [-0.39, 0.29) is 37.0 Å². The van der Waals surface area contributed by atoms with Crippen LogP contribution in [0.5, 0.6) is 0 Å². The van der Waals surface area contributed by atoms with E-state index in [9.17, 15) is 24.3 Å². The summed E-state index contributed by atoms with van der Waals surface area (Å²) in [6.07, 6.45) is 8.39. The van der Waals surface area contributed by atoms with Gasteiger partial charge in [-0.25, -0.2) is 10.0 Å². The Hall–Kier alpha value is -3.95. The third-order valence-corrected chi connectivity index (χ3v) is 8.61.